The lowest BCUT2D eigenvalue weighted by Gasteiger charge is -2.38. The molecular weight excluding hydrogens is 202 g/mol. The van der Waals surface area contributed by atoms with Crippen LogP contribution in [0.25, 0.3) is 0 Å². The van der Waals surface area contributed by atoms with E-state index in [1.54, 1.807) is 6.92 Å². The summed E-state index contributed by atoms with van der Waals surface area (Å²) in [6.45, 7) is 9.79. The summed E-state index contributed by atoms with van der Waals surface area (Å²) in [7, 11) is 0. The first-order valence-electron chi connectivity index (χ1n) is 5.55. The molecular formula is C13H19NO2. The normalized spacial score (nSPS) is 27.6. The van der Waals surface area contributed by atoms with Crippen LogP contribution in [0.15, 0.2) is 24.3 Å². The van der Waals surface area contributed by atoms with Crippen molar-refractivity contribution in [3.63, 3.8) is 0 Å². The average molecular weight is 221 g/mol. The van der Waals surface area contributed by atoms with Gasteiger partial charge in [-0.1, -0.05) is 39.5 Å². The maximum Gasteiger partial charge on any atom is 0.220 e. The van der Waals surface area contributed by atoms with Crippen LogP contribution in [0.4, 0.5) is 0 Å². The highest BCUT2D eigenvalue weighted by Crippen LogP contribution is 2.35. The van der Waals surface area contributed by atoms with Gasteiger partial charge in [-0.2, -0.15) is 0 Å². The molecule has 0 bridgehead atoms. The zero-order valence-electron chi connectivity index (χ0n) is 10.1. The van der Waals surface area contributed by atoms with Crippen molar-refractivity contribution in [2.75, 3.05) is 0 Å². The first kappa shape index (κ1) is 12.7. The smallest absolute Gasteiger partial charge is 0.220 e. The van der Waals surface area contributed by atoms with E-state index >= 15 is 0 Å². The van der Waals surface area contributed by atoms with Crippen LogP contribution in [0.3, 0.4) is 0 Å². The Kier molecular flexibility index (Phi) is 3.68. The summed E-state index contributed by atoms with van der Waals surface area (Å²) in [6.07, 6.45) is 5.12. The SMILES string of the molecule is C=C1C(C=O)C=CC(C)(C)C1NC(=O)CC. The number of carbonyl (C=O) groups is 2. The van der Waals surface area contributed by atoms with Gasteiger partial charge in [0.25, 0.3) is 0 Å². The number of hydrogen-bond acceptors (Lipinski definition) is 2. The summed E-state index contributed by atoms with van der Waals surface area (Å²) < 4.78 is 0. The highest BCUT2D eigenvalue weighted by atomic mass is 16.1. The molecule has 0 heterocycles. The Morgan fingerprint density at radius 3 is 2.75 bits per heavy atom. The number of carbonyl (C=O) groups excluding carboxylic acids is 2. The Hall–Kier alpha value is -1.38. The summed E-state index contributed by atoms with van der Waals surface area (Å²) in [6, 6.07) is -0.167. The van der Waals surface area contributed by atoms with Crippen molar-refractivity contribution in [3.8, 4) is 0 Å². The van der Waals surface area contributed by atoms with Crippen LogP contribution in [-0.2, 0) is 9.59 Å². The molecule has 1 aliphatic carbocycles. The predicted octanol–water partition coefficient (Wildman–Crippen LogP) is 1.85. The molecule has 0 saturated heterocycles. The molecule has 1 aliphatic rings. The van der Waals surface area contributed by atoms with Crippen LogP contribution in [0.5, 0.6) is 0 Å². The average Bonchev–Trinajstić information content (AvgIpc) is 2.24. The fourth-order valence-corrected chi connectivity index (χ4v) is 1.92. The molecule has 3 heteroatoms. The second kappa shape index (κ2) is 4.64. The van der Waals surface area contributed by atoms with E-state index in [2.05, 4.69) is 11.9 Å². The van der Waals surface area contributed by atoms with Crippen molar-refractivity contribution >= 4 is 12.2 Å². The van der Waals surface area contributed by atoms with E-state index in [9.17, 15) is 9.59 Å². The first-order valence-corrected chi connectivity index (χ1v) is 5.55. The van der Waals surface area contributed by atoms with E-state index in [1.807, 2.05) is 26.0 Å². The van der Waals surface area contributed by atoms with Crippen molar-refractivity contribution in [2.24, 2.45) is 11.3 Å². The summed E-state index contributed by atoms with van der Waals surface area (Å²) in [5.74, 6) is -0.297. The molecule has 0 aromatic heterocycles. The summed E-state index contributed by atoms with van der Waals surface area (Å²) in [5.41, 5.74) is 0.575. The van der Waals surface area contributed by atoms with Gasteiger partial charge in [0.15, 0.2) is 0 Å². The molecule has 3 nitrogen and oxygen atoms in total. The van der Waals surface area contributed by atoms with E-state index < -0.39 is 0 Å². The zero-order valence-corrected chi connectivity index (χ0v) is 10.1. The summed E-state index contributed by atoms with van der Waals surface area (Å²) in [5, 5.41) is 2.92. The molecule has 1 N–H and O–H groups in total. The van der Waals surface area contributed by atoms with Crippen molar-refractivity contribution in [2.45, 2.75) is 33.2 Å². The minimum atomic E-state index is -0.282. The highest BCUT2D eigenvalue weighted by molar-refractivity contribution is 5.77. The fourth-order valence-electron chi connectivity index (χ4n) is 1.92. The molecule has 88 valence electrons. The Labute approximate surface area is 96.6 Å². The number of allylic oxidation sites excluding steroid dienone is 1. The lowest BCUT2D eigenvalue weighted by Crippen LogP contribution is -2.48. The molecule has 0 fully saturated rings. The van der Waals surface area contributed by atoms with Gasteiger partial charge in [0.1, 0.15) is 6.29 Å². The second-order valence-electron chi connectivity index (χ2n) is 4.77. The predicted molar refractivity (Wildman–Crippen MR) is 63.8 cm³/mol. The second-order valence-corrected chi connectivity index (χ2v) is 4.77. The Morgan fingerprint density at radius 2 is 2.25 bits per heavy atom. The number of aldehydes is 1. The third kappa shape index (κ3) is 2.40. The van der Waals surface area contributed by atoms with Crippen LogP contribution in [0.2, 0.25) is 0 Å². The maximum absolute atomic E-state index is 11.4. The fraction of sp³-hybridized carbons (Fsp3) is 0.538. The molecule has 1 rings (SSSR count). The molecule has 0 aromatic rings. The molecule has 2 unspecified atom stereocenters. The molecule has 1 amide bonds. The van der Waals surface area contributed by atoms with Crippen LogP contribution in [-0.4, -0.2) is 18.2 Å². The van der Waals surface area contributed by atoms with Gasteiger partial charge >= 0.3 is 0 Å². The maximum atomic E-state index is 11.4. The van der Waals surface area contributed by atoms with Crippen molar-refractivity contribution in [1.29, 1.82) is 0 Å². The van der Waals surface area contributed by atoms with Gasteiger partial charge in [0, 0.05) is 11.8 Å². The van der Waals surface area contributed by atoms with E-state index in [0.29, 0.717) is 6.42 Å². The van der Waals surface area contributed by atoms with Gasteiger partial charge in [-0.15, -0.1) is 0 Å². The molecule has 0 radical (unpaired) electrons. The molecule has 0 aromatic carbocycles. The third-order valence-electron chi connectivity index (χ3n) is 3.05. The number of amides is 1. The van der Waals surface area contributed by atoms with E-state index in [-0.39, 0.29) is 23.3 Å². The Bertz CT molecular complexity index is 342. The molecule has 2 atom stereocenters. The van der Waals surface area contributed by atoms with Gasteiger partial charge in [-0.25, -0.2) is 0 Å². The van der Waals surface area contributed by atoms with Gasteiger partial charge in [0.05, 0.1) is 12.0 Å². The van der Waals surface area contributed by atoms with Crippen molar-refractivity contribution in [3.05, 3.63) is 24.3 Å². The van der Waals surface area contributed by atoms with Gasteiger partial charge < -0.3 is 10.1 Å². The standard InChI is InChI=1S/C13H19NO2/c1-5-11(16)14-12-9(2)10(8-15)6-7-13(12,3)4/h6-8,10,12H,2,5H2,1,3-4H3,(H,14,16). The van der Waals surface area contributed by atoms with E-state index in [4.69, 9.17) is 0 Å². The number of nitrogens with one attached hydrogen (secondary N) is 1. The van der Waals surface area contributed by atoms with Gasteiger partial charge in [-0.05, 0) is 5.57 Å². The topological polar surface area (TPSA) is 46.2 Å². The van der Waals surface area contributed by atoms with E-state index in [0.717, 1.165) is 11.9 Å². The van der Waals surface area contributed by atoms with Crippen LogP contribution in [0.1, 0.15) is 27.2 Å². The Morgan fingerprint density at radius 1 is 1.62 bits per heavy atom. The minimum Gasteiger partial charge on any atom is -0.349 e. The summed E-state index contributed by atoms with van der Waals surface area (Å²) in [4.78, 5) is 22.3. The minimum absolute atomic E-state index is 0.0147. The lowest BCUT2D eigenvalue weighted by atomic mass is 9.72. The Balaban J connectivity index is 2.95. The van der Waals surface area contributed by atoms with Crippen LogP contribution >= 0.6 is 0 Å². The third-order valence-corrected chi connectivity index (χ3v) is 3.05. The number of hydrogen-bond donors (Lipinski definition) is 1. The molecule has 16 heavy (non-hydrogen) atoms. The lowest BCUT2D eigenvalue weighted by molar-refractivity contribution is -0.122. The highest BCUT2D eigenvalue weighted by Gasteiger charge is 2.36. The monoisotopic (exact) mass is 221 g/mol. The molecule has 0 saturated carbocycles. The molecule has 0 spiro atoms. The van der Waals surface area contributed by atoms with Gasteiger partial charge in [0.2, 0.25) is 5.91 Å². The quantitative estimate of drug-likeness (QED) is 0.584. The van der Waals surface area contributed by atoms with Crippen LogP contribution in [0, 0.1) is 11.3 Å². The first-order chi connectivity index (χ1) is 7.42. The zero-order chi connectivity index (χ0) is 12.3. The largest absolute Gasteiger partial charge is 0.349 e. The summed E-state index contributed by atoms with van der Waals surface area (Å²) >= 11 is 0. The van der Waals surface area contributed by atoms with Crippen molar-refractivity contribution in [1.82, 2.24) is 5.32 Å². The van der Waals surface area contributed by atoms with Crippen LogP contribution < -0.4 is 5.32 Å². The number of rotatable bonds is 3. The van der Waals surface area contributed by atoms with E-state index in [1.165, 1.54) is 0 Å². The van der Waals surface area contributed by atoms with Gasteiger partial charge in [-0.3, -0.25) is 4.79 Å². The molecule has 0 aliphatic heterocycles. The van der Waals surface area contributed by atoms with Crippen molar-refractivity contribution < 1.29 is 9.59 Å².